The predicted molar refractivity (Wildman–Crippen MR) is 53.4 cm³/mol. The summed E-state index contributed by atoms with van der Waals surface area (Å²) in [5.41, 5.74) is 5.31. The van der Waals surface area contributed by atoms with Gasteiger partial charge in [-0.25, -0.2) is 18.2 Å². The molecule has 0 amide bonds. The molecule has 4 nitrogen and oxygen atoms in total. The lowest BCUT2D eigenvalue weighted by Crippen LogP contribution is -2.01. The van der Waals surface area contributed by atoms with Crippen LogP contribution in [-0.2, 0) is 13.0 Å². The van der Waals surface area contributed by atoms with Gasteiger partial charge in [0.25, 0.3) is 0 Å². The Bertz CT molecular complexity index is 538. The van der Waals surface area contributed by atoms with Gasteiger partial charge in [-0.3, -0.25) is 5.10 Å². The molecule has 0 fully saturated rings. The third kappa shape index (κ3) is 2.28. The van der Waals surface area contributed by atoms with Gasteiger partial charge in [0, 0.05) is 6.42 Å². The van der Waals surface area contributed by atoms with E-state index in [0.29, 0.717) is 11.6 Å². The quantitative estimate of drug-likeness (QED) is 0.796. The minimum absolute atomic E-state index is 0.00335. The molecule has 7 heteroatoms. The Kier molecular flexibility index (Phi) is 3.10. The molecule has 0 saturated heterocycles. The van der Waals surface area contributed by atoms with E-state index in [1.165, 1.54) is 6.07 Å². The Morgan fingerprint density at radius 1 is 1.18 bits per heavy atom. The highest BCUT2D eigenvalue weighted by atomic mass is 19.2. The molecule has 90 valence electrons. The van der Waals surface area contributed by atoms with Crippen LogP contribution in [-0.4, -0.2) is 15.2 Å². The van der Waals surface area contributed by atoms with Crippen molar-refractivity contribution in [2.75, 3.05) is 0 Å². The van der Waals surface area contributed by atoms with Crippen molar-refractivity contribution in [1.29, 1.82) is 0 Å². The zero-order valence-electron chi connectivity index (χ0n) is 8.67. The van der Waals surface area contributed by atoms with Crippen molar-refractivity contribution in [3.8, 4) is 0 Å². The molecule has 0 aliphatic carbocycles. The molecule has 0 radical (unpaired) electrons. The summed E-state index contributed by atoms with van der Waals surface area (Å²) in [5, 5.41) is 6.29. The van der Waals surface area contributed by atoms with E-state index in [1.807, 2.05) is 0 Å². The van der Waals surface area contributed by atoms with Crippen molar-refractivity contribution in [1.82, 2.24) is 15.2 Å². The molecule has 0 aliphatic heterocycles. The highest BCUT2D eigenvalue weighted by Crippen LogP contribution is 2.17. The first-order valence-electron chi connectivity index (χ1n) is 4.84. The number of rotatable bonds is 3. The van der Waals surface area contributed by atoms with E-state index in [-0.39, 0.29) is 18.5 Å². The van der Waals surface area contributed by atoms with Gasteiger partial charge in [-0.05, 0) is 11.6 Å². The first-order chi connectivity index (χ1) is 8.11. The van der Waals surface area contributed by atoms with Crippen LogP contribution in [0.2, 0.25) is 0 Å². The first-order valence-corrected chi connectivity index (χ1v) is 4.84. The number of nitrogens with zero attached hydrogens (tertiary/aromatic N) is 2. The first kappa shape index (κ1) is 11.6. The normalized spacial score (nSPS) is 10.8. The van der Waals surface area contributed by atoms with Gasteiger partial charge < -0.3 is 5.73 Å². The number of hydrogen-bond acceptors (Lipinski definition) is 3. The Hall–Kier alpha value is -1.89. The van der Waals surface area contributed by atoms with Crippen molar-refractivity contribution in [2.24, 2.45) is 5.73 Å². The van der Waals surface area contributed by atoms with Crippen LogP contribution in [0.25, 0.3) is 0 Å². The van der Waals surface area contributed by atoms with Gasteiger partial charge in [0.1, 0.15) is 5.82 Å². The maximum Gasteiger partial charge on any atom is 0.194 e. The number of hydrogen-bond donors (Lipinski definition) is 2. The van der Waals surface area contributed by atoms with E-state index in [9.17, 15) is 13.2 Å². The molecule has 17 heavy (non-hydrogen) atoms. The zero-order chi connectivity index (χ0) is 12.4. The molecule has 0 saturated carbocycles. The Morgan fingerprint density at radius 2 is 1.94 bits per heavy atom. The van der Waals surface area contributed by atoms with E-state index in [1.54, 1.807) is 0 Å². The van der Waals surface area contributed by atoms with Crippen LogP contribution in [0.5, 0.6) is 0 Å². The molecule has 2 aromatic rings. The summed E-state index contributed by atoms with van der Waals surface area (Å²) in [5.74, 6) is -3.19. The second-order valence-electron chi connectivity index (χ2n) is 3.41. The fraction of sp³-hybridized carbons (Fsp3) is 0.200. The van der Waals surface area contributed by atoms with Crippen LogP contribution in [0.3, 0.4) is 0 Å². The lowest BCUT2D eigenvalue weighted by Gasteiger charge is -2.02. The van der Waals surface area contributed by atoms with Crippen LogP contribution in [0.1, 0.15) is 17.2 Å². The van der Waals surface area contributed by atoms with Crippen LogP contribution < -0.4 is 5.73 Å². The van der Waals surface area contributed by atoms with Crippen LogP contribution >= 0.6 is 0 Å². The summed E-state index contributed by atoms with van der Waals surface area (Å²) in [7, 11) is 0. The topological polar surface area (TPSA) is 67.6 Å². The van der Waals surface area contributed by atoms with Crippen LogP contribution in [0, 0.1) is 17.5 Å². The predicted octanol–water partition coefficient (Wildman–Crippen LogP) is 1.27. The SMILES string of the molecule is NCc1n[nH]c(Cc2ccc(F)c(F)c2F)n1. The van der Waals surface area contributed by atoms with Gasteiger partial charge in [0.05, 0.1) is 6.54 Å². The number of aromatic nitrogens is 3. The molecule has 0 spiro atoms. The van der Waals surface area contributed by atoms with Crippen molar-refractivity contribution in [3.63, 3.8) is 0 Å². The van der Waals surface area contributed by atoms with E-state index in [4.69, 9.17) is 5.73 Å². The summed E-state index contributed by atoms with van der Waals surface area (Å²) in [6, 6.07) is 2.03. The molecule has 1 heterocycles. The van der Waals surface area contributed by atoms with Crippen LogP contribution in [0.15, 0.2) is 12.1 Å². The molecule has 0 atom stereocenters. The molecule has 2 rings (SSSR count). The minimum atomic E-state index is -1.49. The maximum atomic E-state index is 13.3. The molecular formula is C10H9F3N4. The second kappa shape index (κ2) is 4.54. The van der Waals surface area contributed by atoms with Crippen molar-refractivity contribution in [3.05, 3.63) is 46.8 Å². The van der Waals surface area contributed by atoms with Crippen LogP contribution in [0.4, 0.5) is 13.2 Å². The van der Waals surface area contributed by atoms with Gasteiger partial charge in [-0.2, -0.15) is 5.10 Å². The molecule has 1 aromatic heterocycles. The minimum Gasteiger partial charge on any atom is -0.324 e. The van der Waals surface area contributed by atoms with Crippen molar-refractivity contribution < 1.29 is 13.2 Å². The van der Waals surface area contributed by atoms with Gasteiger partial charge in [-0.1, -0.05) is 6.07 Å². The van der Waals surface area contributed by atoms with E-state index >= 15 is 0 Å². The second-order valence-corrected chi connectivity index (χ2v) is 3.41. The van der Waals surface area contributed by atoms with Gasteiger partial charge in [-0.15, -0.1) is 0 Å². The zero-order valence-corrected chi connectivity index (χ0v) is 8.67. The summed E-state index contributed by atoms with van der Waals surface area (Å²) < 4.78 is 39.0. The number of nitrogens with two attached hydrogens (primary N) is 1. The number of nitrogens with one attached hydrogen (secondary N) is 1. The largest absolute Gasteiger partial charge is 0.324 e. The Balaban J connectivity index is 2.27. The monoisotopic (exact) mass is 242 g/mol. The third-order valence-corrected chi connectivity index (χ3v) is 2.23. The summed E-state index contributed by atoms with van der Waals surface area (Å²) in [6.45, 7) is 0.150. The molecular weight excluding hydrogens is 233 g/mol. The lowest BCUT2D eigenvalue weighted by atomic mass is 10.1. The third-order valence-electron chi connectivity index (χ3n) is 2.23. The average Bonchev–Trinajstić information content (AvgIpc) is 2.78. The number of H-pyrrole nitrogens is 1. The fourth-order valence-electron chi connectivity index (χ4n) is 1.39. The van der Waals surface area contributed by atoms with Crippen molar-refractivity contribution >= 4 is 0 Å². The lowest BCUT2D eigenvalue weighted by molar-refractivity contribution is 0.441. The fourth-order valence-corrected chi connectivity index (χ4v) is 1.39. The van der Waals surface area contributed by atoms with E-state index in [2.05, 4.69) is 15.2 Å². The van der Waals surface area contributed by atoms with Crippen molar-refractivity contribution in [2.45, 2.75) is 13.0 Å². The number of benzene rings is 1. The number of halogens is 3. The van der Waals surface area contributed by atoms with Gasteiger partial charge in [0.15, 0.2) is 23.3 Å². The summed E-state index contributed by atoms with van der Waals surface area (Å²) in [6.07, 6.45) is -0.00394. The molecule has 0 bridgehead atoms. The van der Waals surface area contributed by atoms with Gasteiger partial charge >= 0.3 is 0 Å². The van der Waals surface area contributed by atoms with E-state index < -0.39 is 17.5 Å². The highest BCUT2D eigenvalue weighted by molar-refractivity contribution is 5.23. The standard InChI is InChI=1S/C10H9F3N4/c11-6-2-1-5(9(12)10(6)13)3-7-15-8(4-14)17-16-7/h1-2H,3-4,14H2,(H,15,16,17). The molecule has 0 aliphatic rings. The Morgan fingerprint density at radius 3 is 2.59 bits per heavy atom. The Labute approximate surface area is 94.7 Å². The average molecular weight is 242 g/mol. The molecule has 0 unspecified atom stereocenters. The van der Waals surface area contributed by atoms with Gasteiger partial charge in [0.2, 0.25) is 0 Å². The summed E-state index contributed by atoms with van der Waals surface area (Å²) >= 11 is 0. The highest BCUT2D eigenvalue weighted by Gasteiger charge is 2.14. The molecule has 1 aromatic carbocycles. The maximum absolute atomic E-state index is 13.3. The summed E-state index contributed by atoms with van der Waals surface area (Å²) in [4.78, 5) is 3.94. The smallest absolute Gasteiger partial charge is 0.194 e. The number of aromatic amines is 1. The van der Waals surface area contributed by atoms with E-state index in [0.717, 1.165) is 6.07 Å². The molecule has 3 N–H and O–H groups in total.